The molecule has 4 heteroatoms. The molecule has 1 aromatic rings. The number of hydrogen-bond acceptors (Lipinski definition) is 3. The maximum absolute atomic E-state index is 8.78. The van der Waals surface area contributed by atoms with Crippen LogP contribution in [0.4, 0.5) is 5.69 Å². The van der Waals surface area contributed by atoms with Gasteiger partial charge in [-0.3, -0.25) is 0 Å². The Labute approximate surface area is 116 Å². The van der Waals surface area contributed by atoms with Gasteiger partial charge in [-0.1, -0.05) is 0 Å². The number of rotatable bonds is 5. The standard InChI is InChI=1S/C14H17BrN2O/c15-13-9-11(10-16)5-6-14(13)17-7-1-3-12-4-2-8-18-12/h5-6,9,12,17H,1-4,7-8H2. The molecular formula is C14H17BrN2O. The molecule has 1 aliphatic heterocycles. The van der Waals surface area contributed by atoms with E-state index in [4.69, 9.17) is 10.00 Å². The first kappa shape index (κ1) is 13.4. The Morgan fingerprint density at radius 2 is 2.39 bits per heavy atom. The largest absolute Gasteiger partial charge is 0.384 e. The number of anilines is 1. The zero-order valence-corrected chi connectivity index (χ0v) is 11.9. The maximum Gasteiger partial charge on any atom is 0.0992 e. The quantitative estimate of drug-likeness (QED) is 0.844. The molecule has 1 saturated heterocycles. The summed E-state index contributed by atoms with van der Waals surface area (Å²) in [5, 5.41) is 12.2. The lowest BCUT2D eigenvalue weighted by Gasteiger charge is -2.11. The minimum Gasteiger partial charge on any atom is -0.384 e. The van der Waals surface area contributed by atoms with Crippen LogP contribution in [0.2, 0.25) is 0 Å². The van der Waals surface area contributed by atoms with Crippen LogP contribution in [-0.2, 0) is 4.74 Å². The first-order valence-corrected chi connectivity index (χ1v) is 7.14. The van der Waals surface area contributed by atoms with Crippen molar-refractivity contribution in [1.29, 1.82) is 5.26 Å². The van der Waals surface area contributed by atoms with Crippen LogP contribution < -0.4 is 5.32 Å². The zero-order chi connectivity index (χ0) is 12.8. The molecule has 0 bridgehead atoms. The van der Waals surface area contributed by atoms with E-state index < -0.39 is 0 Å². The van der Waals surface area contributed by atoms with Crippen LogP contribution in [0.3, 0.4) is 0 Å². The van der Waals surface area contributed by atoms with Gasteiger partial charge in [-0.05, 0) is 59.8 Å². The molecule has 0 saturated carbocycles. The number of nitriles is 1. The third-order valence-corrected chi connectivity index (χ3v) is 3.80. The third kappa shape index (κ3) is 3.72. The molecule has 0 aromatic heterocycles. The predicted octanol–water partition coefficient (Wildman–Crippen LogP) is 3.69. The summed E-state index contributed by atoms with van der Waals surface area (Å²) in [5.41, 5.74) is 1.72. The normalized spacial score (nSPS) is 18.6. The number of nitrogens with zero attached hydrogens (tertiary/aromatic N) is 1. The van der Waals surface area contributed by atoms with E-state index in [1.807, 2.05) is 18.2 Å². The van der Waals surface area contributed by atoms with Crippen molar-refractivity contribution in [2.45, 2.75) is 31.8 Å². The number of halogens is 1. The average molecular weight is 309 g/mol. The van der Waals surface area contributed by atoms with Crippen molar-refractivity contribution in [2.75, 3.05) is 18.5 Å². The van der Waals surface area contributed by atoms with Crippen molar-refractivity contribution >= 4 is 21.6 Å². The Kier molecular flexibility index (Phi) is 5.03. The summed E-state index contributed by atoms with van der Waals surface area (Å²) < 4.78 is 6.53. The topological polar surface area (TPSA) is 45.0 Å². The van der Waals surface area contributed by atoms with Gasteiger partial charge in [0.05, 0.1) is 17.7 Å². The van der Waals surface area contributed by atoms with Gasteiger partial charge < -0.3 is 10.1 Å². The zero-order valence-electron chi connectivity index (χ0n) is 10.3. The molecule has 96 valence electrons. The molecule has 1 N–H and O–H groups in total. The molecule has 0 radical (unpaired) electrons. The van der Waals surface area contributed by atoms with Gasteiger partial charge in [0.25, 0.3) is 0 Å². The highest BCUT2D eigenvalue weighted by atomic mass is 79.9. The number of benzene rings is 1. The maximum atomic E-state index is 8.78. The molecule has 3 nitrogen and oxygen atoms in total. The minimum absolute atomic E-state index is 0.469. The van der Waals surface area contributed by atoms with Crippen molar-refractivity contribution in [3.05, 3.63) is 28.2 Å². The summed E-state index contributed by atoms with van der Waals surface area (Å²) in [6, 6.07) is 7.73. The molecule has 1 atom stereocenters. The summed E-state index contributed by atoms with van der Waals surface area (Å²) in [6.45, 7) is 1.86. The van der Waals surface area contributed by atoms with Gasteiger partial charge in [-0.2, -0.15) is 5.26 Å². The molecule has 1 heterocycles. The highest BCUT2D eigenvalue weighted by Gasteiger charge is 2.14. The minimum atomic E-state index is 0.469. The van der Waals surface area contributed by atoms with E-state index in [0.29, 0.717) is 11.7 Å². The van der Waals surface area contributed by atoms with Gasteiger partial charge in [0.15, 0.2) is 0 Å². The number of hydrogen-bond donors (Lipinski definition) is 1. The monoisotopic (exact) mass is 308 g/mol. The van der Waals surface area contributed by atoms with Crippen LogP contribution in [0.25, 0.3) is 0 Å². The smallest absolute Gasteiger partial charge is 0.0992 e. The summed E-state index contributed by atoms with van der Waals surface area (Å²) in [6.07, 6.45) is 5.12. The van der Waals surface area contributed by atoms with Crippen LogP contribution in [0, 0.1) is 11.3 Å². The Morgan fingerprint density at radius 3 is 3.06 bits per heavy atom. The highest BCUT2D eigenvalue weighted by molar-refractivity contribution is 9.10. The van der Waals surface area contributed by atoms with Crippen molar-refractivity contribution in [1.82, 2.24) is 0 Å². The van der Waals surface area contributed by atoms with E-state index in [9.17, 15) is 0 Å². The van der Waals surface area contributed by atoms with E-state index in [0.717, 1.165) is 36.2 Å². The SMILES string of the molecule is N#Cc1ccc(NCCCC2CCCO2)c(Br)c1. The van der Waals surface area contributed by atoms with Gasteiger partial charge in [-0.25, -0.2) is 0 Å². The summed E-state index contributed by atoms with van der Waals surface area (Å²) in [4.78, 5) is 0. The van der Waals surface area contributed by atoms with E-state index >= 15 is 0 Å². The molecule has 0 aliphatic carbocycles. The van der Waals surface area contributed by atoms with Gasteiger partial charge in [0.1, 0.15) is 0 Å². The van der Waals surface area contributed by atoms with Crippen molar-refractivity contribution in [2.24, 2.45) is 0 Å². The molecule has 18 heavy (non-hydrogen) atoms. The fraction of sp³-hybridized carbons (Fsp3) is 0.500. The van der Waals surface area contributed by atoms with Gasteiger partial charge in [0, 0.05) is 23.3 Å². The molecule has 1 aromatic carbocycles. The second-order valence-electron chi connectivity index (χ2n) is 4.51. The second-order valence-corrected chi connectivity index (χ2v) is 5.36. The van der Waals surface area contributed by atoms with E-state index in [1.165, 1.54) is 12.8 Å². The van der Waals surface area contributed by atoms with Gasteiger partial charge in [-0.15, -0.1) is 0 Å². The van der Waals surface area contributed by atoms with Crippen molar-refractivity contribution < 1.29 is 4.74 Å². The summed E-state index contributed by atoms with van der Waals surface area (Å²) in [5.74, 6) is 0. The lowest BCUT2D eigenvalue weighted by molar-refractivity contribution is 0.103. The lowest BCUT2D eigenvalue weighted by atomic mass is 10.1. The van der Waals surface area contributed by atoms with Crippen LogP contribution in [0.15, 0.2) is 22.7 Å². The van der Waals surface area contributed by atoms with Crippen molar-refractivity contribution in [3.63, 3.8) is 0 Å². The fourth-order valence-corrected chi connectivity index (χ4v) is 2.67. The molecule has 0 amide bonds. The average Bonchev–Trinajstić information content (AvgIpc) is 2.89. The third-order valence-electron chi connectivity index (χ3n) is 3.14. The Bertz CT molecular complexity index is 436. The first-order chi connectivity index (χ1) is 8.79. The van der Waals surface area contributed by atoms with Crippen LogP contribution >= 0.6 is 15.9 Å². The first-order valence-electron chi connectivity index (χ1n) is 6.35. The molecule has 1 aliphatic rings. The molecule has 0 spiro atoms. The van der Waals surface area contributed by atoms with Crippen LogP contribution in [0.1, 0.15) is 31.2 Å². The highest BCUT2D eigenvalue weighted by Crippen LogP contribution is 2.23. The predicted molar refractivity (Wildman–Crippen MR) is 75.6 cm³/mol. The van der Waals surface area contributed by atoms with Gasteiger partial charge >= 0.3 is 0 Å². The van der Waals surface area contributed by atoms with Crippen LogP contribution in [0.5, 0.6) is 0 Å². The van der Waals surface area contributed by atoms with E-state index in [1.54, 1.807) is 0 Å². The van der Waals surface area contributed by atoms with Gasteiger partial charge in [0.2, 0.25) is 0 Å². The molecular weight excluding hydrogens is 292 g/mol. The number of nitrogens with one attached hydrogen (secondary N) is 1. The Balaban J connectivity index is 1.74. The van der Waals surface area contributed by atoms with E-state index in [2.05, 4.69) is 27.3 Å². The molecule has 1 fully saturated rings. The fourth-order valence-electron chi connectivity index (χ4n) is 2.15. The summed E-state index contributed by atoms with van der Waals surface area (Å²) in [7, 11) is 0. The molecule has 2 rings (SSSR count). The Morgan fingerprint density at radius 1 is 1.50 bits per heavy atom. The van der Waals surface area contributed by atoms with E-state index in [-0.39, 0.29) is 0 Å². The second kappa shape index (κ2) is 6.77. The number of ether oxygens (including phenoxy) is 1. The lowest BCUT2D eigenvalue weighted by Crippen LogP contribution is -2.09. The Hall–Kier alpha value is -1.05. The van der Waals surface area contributed by atoms with Crippen molar-refractivity contribution in [3.8, 4) is 6.07 Å². The molecule has 1 unspecified atom stereocenters. The van der Waals surface area contributed by atoms with Crippen LogP contribution in [-0.4, -0.2) is 19.3 Å². The summed E-state index contributed by atoms with van der Waals surface area (Å²) >= 11 is 3.47.